The predicted molar refractivity (Wildman–Crippen MR) is 90.7 cm³/mol. The second-order valence-electron chi connectivity index (χ2n) is 6.85. The van der Waals surface area contributed by atoms with E-state index in [-0.39, 0.29) is 12.6 Å². The molecule has 1 aliphatic heterocycles. The third-order valence-corrected chi connectivity index (χ3v) is 3.26. The maximum absolute atomic E-state index is 11.8. The smallest absolute Gasteiger partial charge is 0.407 e. The van der Waals surface area contributed by atoms with Gasteiger partial charge >= 0.3 is 18.4 Å². The van der Waals surface area contributed by atoms with Crippen LogP contribution >= 0.6 is 0 Å². The molecule has 0 aromatic heterocycles. The third-order valence-electron chi connectivity index (χ3n) is 3.26. The molecule has 25 heavy (non-hydrogen) atoms. The van der Waals surface area contributed by atoms with Gasteiger partial charge in [-0.1, -0.05) is 6.07 Å². The third kappa shape index (κ3) is 5.55. The molecular formula is C18H25NO6. The number of amides is 1. The molecule has 0 saturated carbocycles. The minimum Gasteiger partial charge on any atom is -0.460 e. The van der Waals surface area contributed by atoms with Crippen molar-refractivity contribution in [1.82, 2.24) is 5.32 Å². The average Bonchev–Trinajstić information content (AvgIpc) is 2.88. The maximum Gasteiger partial charge on any atom is 0.407 e. The molecule has 7 nitrogen and oxygen atoms in total. The van der Waals surface area contributed by atoms with Gasteiger partial charge in [-0.05, 0) is 58.7 Å². The van der Waals surface area contributed by atoms with E-state index in [1.165, 1.54) is 0 Å². The molecule has 7 heteroatoms. The Bertz CT molecular complexity index is 637. The first-order valence-electron chi connectivity index (χ1n) is 8.30. The van der Waals surface area contributed by atoms with Gasteiger partial charge in [0, 0.05) is 6.04 Å². The van der Waals surface area contributed by atoms with Gasteiger partial charge in [0.15, 0.2) is 11.5 Å². The van der Waals surface area contributed by atoms with Crippen molar-refractivity contribution >= 4 is 12.1 Å². The van der Waals surface area contributed by atoms with Crippen LogP contribution in [0.5, 0.6) is 11.5 Å². The van der Waals surface area contributed by atoms with Gasteiger partial charge in [0.1, 0.15) is 5.60 Å². The minimum atomic E-state index is -1.07. The van der Waals surface area contributed by atoms with Crippen molar-refractivity contribution in [3.05, 3.63) is 23.8 Å². The Morgan fingerprint density at radius 2 is 1.92 bits per heavy atom. The highest BCUT2D eigenvalue weighted by atomic mass is 16.7. The molecule has 1 aromatic carbocycles. The van der Waals surface area contributed by atoms with Gasteiger partial charge in [-0.25, -0.2) is 9.59 Å². The molecule has 2 unspecified atom stereocenters. The molecule has 2 atom stereocenters. The molecule has 1 N–H and O–H groups in total. The van der Waals surface area contributed by atoms with E-state index >= 15 is 0 Å². The van der Waals surface area contributed by atoms with E-state index in [4.69, 9.17) is 18.9 Å². The zero-order valence-electron chi connectivity index (χ0n) is 15.3. The summed E-state index contributed by atoms with van der Waals surface area (Å²) < 4.78 is 21.0. The van der Waals surface area contributed by atoms with Crippen LogP contribution in [0.3, 0.4) is 0 Å². The minimum absolute atomic E-state index is 0.129. The summed E-state index contributed by atoms with van der Waals surface area (Å²) in [5.41, 5.74) is 0.403. The van der Waals surface area contributed by atoms with Crippen LogP contribution in [0.25, 0.3) is 0 Å². The molecule has 2 rings (SSSR count). The van der Waals surface area contributed by atoms with Crippen LogP contribution in [-0.2, 0) is 20.7 Å². The van der Waals surface area contributed by atoms with E-state index in [0.29, 0.717) is 17.9 Å². The van der Waals surface area contributed by atoms with E-state index in [2.05, 4.69) is 5.32 Å². The average molecular weight is 351 g/mol. The summed E-state index contributed by atoms with van der Waals surface area (Å²) in [6.07, 6.45) is -0.939. The van der Waals surface area contributed by atoms with Crippen molar-refractivity contribution < 1.29 is 28.5 Å². The normalized spacial score (nSPS) is 16.9. The van der Waals surface area contributed by atoms with Crippen LogP contribution < -0.4 is 14.8 Å². The number of hydrogen-bond donors (Lipinski definition) is 1. The van der Waals surface area contributed by atoms with Crippen LogP contribution in [-0.4, -0.2) is 36.6 Å². The lowest BCUT2D eigenvalue weighted by molar-refractivity contribution is -0.161. The Balaban J connectivity index is 1.92. The van der Waals surface area contributed by atoms with Crippen LogP contribution in [0.2, 0.25) is 0 Å². The number of rotatable bonds is 5. The number of ether oxygens (including phenoxy) is 4. The van der Waals surface area contributed by atoms with Gasteiger partial charge in [0.2, 0.25) is 0 Å². The number of carbonyl (C=O) groups is 2. The summed E-state index contributed by atoms with van der Waals surface area (Å²) >= 11 is 0. The van der Waals surface area contributed by atoms with Crippen molar-refractivity contribution in [3.8, 4) is 11.5 Å². The standard InChI is InChI=1S/C18H25NO6/c1-6-22-15(20)16-23-13-8-7-12(10-14(13)24-16)9-11(2)19-17(21)25-18(3,4)5/h7-8,10-11,16H,6,9H2,1-5H3,(H,19,21). The summed E-state index contributed by atoms with van der Waals surface area (Å²) in [4.78, 5) is 23.5. The molecule has 1 aromatic rings. The Morgan fingerprint density at radius 1 is 1.24 bits per heavy atom. The quantitative estimate of drug-likeness (QED) is 0.822. The van der Waals surface area contributed by atoms with Gasteiger partial charge in [-0.2, -0.15) is 0 Å². The second-order valence-corrected chi connectivity index (χ2v) is 6.85. The number of carbonyl (C=O) groups excluding carboxylic acids is 2. The van der Waals surface area contributed by atoms with E-state index in [1.54, 1.807) is 19.1 Å². The first kappa shape index (κ1) is 18.9. The van der Waals surface area contributed by atoms with Crippen LogP contribution in [0, 0.1) is 0 Å². The molecule has 0 spiro atoms. The number of benzene rings is 1. The van der Waals surface area contributed by atoms with E-state index < -0.39 is 24.0 Å². The van der Waals surface area contributed by atoms with E-state index in [1.807, 2.05) is 33.8 Å². The summed E-state index contributed by atoms with van der Waals surface area (Å²) in [6.45, 7) is 9.31. The van der Waals surface area contributed by atoms with Crippen molar-refractivity contribution in [3.63, 3.8) is 0 Å². The number of alkyl carbamates (subject to hydrolysis) is 1. The molecule has 0 saturated heterocycles. The number of nitrogens with one attached hydrogen (secondary N) is 1. The second kappa shape index (κ2) is 7.63. The monoisotopic (exact) mass is 351 g/mol. The first-order valence-corrected chi connectivity index (χ1v) is 8.30. The van der Waals surface area contributed by atoms with Crippen LogP contribution in [0.4, 0.5) is 4.79 Å². The lowest BCUT2D eigenvalue weighted by Gasteiger charge is -2.22. The van der Waals surface area contributed by atoms with Crippen molar-refractivity contribution in [1.29, 1.82) is 0 Å². The molecule has 1 aliphatic rings. The largest absolute Gasteiger partial charge is 0.460 e. The number of hydrogen-bond acceptors (Lipinski definition) is 6. The highest BCUT2D eigenvalue weighted by molar-refractivity contribution is 5.75. The fourth-order valence-corrected chi connectivity index (χ4v) is 2.34. The zero-order chi connectivity index (χ0) is 18.6. The fourth-order valence-electron chi connectivity index (χ4n) is 2.34. The summed E-state index contributed by atoms with van der Waals surface area (Å²) in [5.74, 6) is 0.426. The van der Waals surface area contributed by atoms with E-state index in [0.717, 1.165) is 5.56 Å². The topological polar surface area (TPSA) is 83.1 Å². The maximum atomic E-state index is 11.8. The Labute approximate surface area is 147 Å². The molecule has 0 fully saturated rings. The molecule has 0 radical (unpaired) electrons. The van der Waals surface area contributed by atoms with Gasteiger partial charge in [-0.15, -0.1) is 0 Å². The van der Waals surface area contributed by atoms with Crippen LogP contribution in [0.15, 0.2) is 18.2 Å². The van der Waals surface area contributed by atoms with Crippen LogP contribution in [0.1, 0.15) is 40.2 Å². The Morgan fingerprint density at radius 3 is 2.56 bits per heavy atom. The fraction of sp³-hybridized carbons (Fsp3) is 0.556. The van der Waals surface area contributed by atoms with Crippen molar-refractivity contribution in [2.45, 2.75) is 59.0 Å². The lowest BCUT2D eigenvalue weighted by atomic mass is 10.1. The van der Waals surface area contributed by atoms with Crippen molar-refractivity contribution in [2.75, 3.05) is 6.61 Å². The SMILES string of the molecule is CCOC(=O)C1Oc2ccc(CC(C)NC(=O)OC(C)(C)C)cc2O1. The summed E-state index contributed by atoms with van der Waals surface area (Å²) in [7, 11) is 0. The summed E-state index contributed by atoms with van der Waals surface area (Å²) in [6, 6.07) is 5.27. The van der Waals surface area contributed by atoms with Gasteiger partial charge < -0.3 is 24.3 Å². The van der Waals surface area contributed by atoms with Gasteiger partial charge in [0.25, 0.3) is 0 Å². The number of esters is 1. The molecule has 1 heterocycles. The highest BCUT2D eigenvalue weighted by Crippen LogP contribution is 2.36. The number of fused-ring (bicyclic) bond motifs is 1. The molecule has 0 aliphatic carbocycles. The zero-order valence-corrected chi connectivity index (χ0v) is 15.3. The molecule has 1 amide bonds. The first-order chi connectivity index (χ1) is 11.7. The Hall–Kier alpha value is -2.44. The van der Waals surface area contributed by atoms with Gasteiger partial charge in [0.05, 0.1) is 6.61 Å². The van der Waals surface area contributed by atoms with Crippen molar-refractivity contribution in [2.24, 2.45) is 0 Å². The van der Waals surface area contributed by atoms with E-state index in [9.17, 15) is 9.59 Å². The summed E-state index contributed by atoms with van der Waals surface area (Å²) in [5, 5.41) is 2.79. The predicted octanol–water partition coefficient (Wildman–Crippen LogP) is 2.80. The highest BCUT2D eigenvalue weighted by Gasteiger charge is 2.32. The molecule has 0 bridgehead atoms. The molecular weight excluding hydrogens is 326 g/mol. The lowest BCUT2D eigenvalue weighted by Crippen LogP contribution is -2.38. The Kier molecular flexibility index (Phi) is 5.77. The molecule has 138 valence electrons. The van der Waals surface area contributed by atoms with Gasteiger partial charge in [-0.3, -0.25) is 0 Å².